The second-order valence-electron chi connectivity index (χ2n) is 4.70. The van der Waals surface area contributed by atoms with Crippen molar-refractivity contribution in [3.8, 4) is 0 Å². The molecule has 1 aliphatic rings. The average Bonchev–Trinajstić information content (AvgIpc) is 2.80. The molecular formula is C13H20N2O2S. The Balaban J connectivity index is 1.88. The second kappa shape index (κ2) is 6.31. The van der Waals surface area contributed by atoms with Crippen LogP contribution >= 0.6 is 11.3 Å². The van der Waals surface area contributed by atoms with Crippen molar-refractivity contribution in [2.75, 3.05) is 32.7 Å². The van der Waals surface area contributed by atoms with Crippen LogP contribution in [0.3, 0.4) is 0 Å². The second-order valence-corrected chi connectivity index (χ2v) is 5.61. The van der Waals surface area contributed by atoms with E-state index >= 15 is 0 Å². The van der Waals surface area contributed by atoms with Gasteiger partial charge in [-0.05, 0) is 30.0 Å². The fraction of sp³-hybridized carbons (Fsp3) is 0.615. The monoisotopic (exact) mass is 268 g/mol. The van der Waals surface area contributed by atoms with E-state index in [1.165, 1.54) is 24.3 Å². The van der Waals surface area contributed by atoms with Crippen molar-refractivity contribution in [3.63, 3.8) is 0 Å². The molecule has 1 fully saturated rings. The molecule has 0 atom stereocenters. The van der Waals surface area contributed by atoms with Crippen molar-refractivity contribution in [1.29, 1.82) is 0 Å². The summed E-state index contributed by atoms with van der Waals surface area (Å²) < 4.78 is 0. The third-order valence-corrected chi connectivity index (χ3v) is 4.28. The standard InChI is InChI=1S/C13H20N2O2S/c1-2-4-14-5-7-15(8-6-14)10-11-3-9-18-12(11)13(16)17/h3,9H,2,4-8,10H2,1H3,(H,16,17). The molecule has 4 nitrogen and oxygen atoms in total. The molecule has 1 N–H and O–H groups in total. The van der Waals surface area contributed by atoms with Gasteiger partial charge in [0.25, 0.3) is 0 Å². The number of nitrogens with zero attached hydrogens (tertiary/aromatic N) is 2. The van der Waals surface area contributed by atoms with Gasteiger partial charge in [0, 0.05) is 32.7 Å². The van der Waals surface area contributed by atoms with Crippen LogP contribution in [0.2, 0.25) is 0 Å². The van der Waals surface area contributed by atoms with Gasteiger partial charge in [-0.1, -0.05) is 6.92 Å². The largest absolute Gasteiger partial charge is 0.477 e. The topological polar surface area (TPSA) is 43.8 Å². The summed E-state index contributed by atoms with van der Waals surface area (Å²) in [6, 6.07) is 1.94. The molecule has 1 aromatic heterocycles. The predicted octanol–water partition coefficient (Wildman–Crippen LogP) is 1.97. The highest BCUT2D eigenvalue weighted by Gasteiger charge is 2.19. The first-order valence-electron chi connectivity index (χ1n) is 6.45. The molecule has 18 heavy (non-hydrogen) atoms. The third kappa shape index (κ3) is 3.31. The van der Waals surface area contributed by atoms with Gasteiger partial charge in [-0.2, -0.15) is 0 Å². The van der Waals surface area contributed by atoms with E-state index in [0.717, 1.165) is 38.3 Å². The highest BCUT2D eigenvalue weighted by molar-refractivity contribution is 7.12. The van der Waals surface area contributed by atoms with Gasteiger partial charge in [0.05, 0.1) is 0 Å². The normalized spacial score (nSPS) is 18.1. The maximum absolute atomic E-state index is 11.0. The van der Waals surface area contributed by atoms with Gasteiger partial charge in [-0.15, -0.1) is 11.3 Å². The Kier molecular flexibility index (Phi) is 4.74. The van der Waals surface area contributed by atoms with Crippen molar-refractivity contribution in [2.45, 2.75) is 19.9 Å². The molecule has 0 spiro atoms. The summed E-state index contributed by atoms with van der Waals surface area (Å²) in [5, 5.41) is 10.9. The molecule has 0 radical (unpaired) electrons. The summed E-state index contributed by atoms with van der Waals surface area (Å²) in [7, 11) is 0. The zero-order valence-corrected chi connectivity index (χ0v) is 11.6. The Hall–Kier alpha value is -0.910. The van der Waals surface area contributed by atoms with Crippen molar-refractivity contribution < 1.29 is 9.90 Å². The third-order valence-electron chi connectivity index (χ3n) is 3.34. The first-order chi connectivity index (χ1) is 8.70. The number of thiophene rings is 1. The summed E-state index contributed by atoms with van der Waals surface area (Å²) in [6.45, 7) is 8.42. The number of rotatable bonds is 5. The maximum Gasteiger partial charge on any atom is 0.346 e. The van der Waals surface area contributed by atoms with Crippen molar-refractivity contribution >= 4 is 17.3 Å². The lowest BCUT2D eigenvalue weighted by atomic mass is 10.2. The molecule has 0 aliphatic carbocycles. The first-order valence-corrected chi connectivity index (χ1v) is 7.33. The first kappa shape index (κ1) is 13.5. The smallest absolute Gasteiger partial charge is 0.346 e. The lowest BCUT2D eigenvalue weighted by molar-refractivity contribution is 0.0698. The fourth-order valence-corrected chi connectivity index (χ4v) is 3.13. The minimum Gasteiger partial charge on any atom is -0.477 e. The molecule has 0 amide bonds. The van der Waals surface area contributed by atoms with E-state index in [-0.39, 0.29) is 0 Å². The van der Waals surface area contributed by atoms with Crippen LogP contribution in [0.25, 0.3) is 0 Å². The Morgan fingerprint density at radius 3 is 2.61 bits per heavy atom. The molecule has 5 heteroatoms. The summed E-state index contributed by atoms with van der Waals surface area (Å²) in [4.78, 5) is 16.4. The zero-order valence-electron chi connectivity index (χ0n) is 10.8. The Labute approximate surface area is 112 Å². The molecular weight excluding hydrogens is 248 g/mol. The number of aromatic carboxylic acids is 1. The number of hydrogen-bond donors (Lipinski definition) is 1. The van der Waals surface area contributed by atoms with Gasteiger partial charge >= 0.3 is 5.97 Å². The van der Waals surface area contributed by atoms with Crippen LogP contribution in [0.15, 0.2) is 11.4 Å². The van der Waals surface area contributed by atoms with Gasteiger partial charge in [0.15, 0.2) is 0 Å². The number of carboxylic acids is 1. The molecule has 0 aromatic carbocycles. The molecule has 100 valence electrons. The minimum atomic E-state index is -0.801. The Morgan fingerprint density at radius 2 is 2.00 bits per heavy atom. The van der Waals surface area contributed by atoms with Crippen molar-refractivity contribution in [3.05, 3.63) is 21.9 Å². The van der Waals surface area contributed by atoms with Crippen LogP contribution in [-0.2, 0) is 6.54 Å². The van der Waals surface area contributed by atoms with Crippen molar-refractivity contribution in [1.82, 2.24) is 9.80 Å². The maximum atomic E-state index is 11.0. The van der Waals surface area contributed by atoms with Crippen LogP contribution < -0.4 is 0 Å². The van der Waals surface area contributed by atoms with E-state index in [1.807, 2.05) is 11.4 Å². The van der Waals surface area contributed by atoms with Crippen LogP contribution in [0.1, 0.15) is 28.6 Å². The summed E-state index contributed by atoms with van der Waals surface area (Å²) in [5.41, 5.74) is 0.955. The lowest BCUT2D eigenvalue weighted by Gasteiger charge is -2.34. The summed E-state index contributed by atoms with van der Waals surface area (Å²) in [6.07, 6.45) is 1.20. The Morgan fingerprint density at radius 1 is 1.33 bits per heavy atom. The van der Waals surface area contributed by atoms with Crippen LogP contribution in [0, 0.1) is 0 Å². The SMILES string of the molecule is CCCN1CCN(Cc2ccsc2C(=O)O)CC1. The van der Waals surface area contributed by atoms with Gasteiger partial charge < -0.3 is 10.0 Å². The van der Waals surface area contributed by atoms with E-state index in [4.69, 9.17) is 5.11 Å². The molecule has 1 saturated heterocycles. The van der Waals surface area contributed by atoms with Gasteiger partial charge in [-0.25, -0.2) is 4.79 Å². The highest BCUT2D eigenvalue weighted by atomic mass is 32.1. The van der Waals surface area contributed by atoms with E-state index in [9.17, 15) is 4.79 Å². The highest BCUT2D eigenvalue weighted by Crippen LogP contribution is 2.19. The molecule has 0 unspecified atom stereocenters. The molecule has 2 rings (SSSR count). The summed E-state index contributed by atoms with van der Waals surface area (Å²) in [5.74, 6) is -0.801. The number of carboxylic acid groups (broad SMARTS) is 1. The van der Waals surface area contributed by atoms with Gasteiger partial charge in [-0.3, -0.25) is 4.90 Å². The zero-order chi connectivity index (χ0) is 13.0. The quantitative estimate of drug-likeness (QED) is 0.887. The lowest BCUT2D eigenvalue weighted by Crippen LogP contribution is -2.46. The number of piperazine rings is 1. The van der Waals surface area contributed by atoms with E-state index in [2.05, 4.69) is 16.7 Å². The van der Waals surface area contributed by atoms with Gasteiger partial charge in [0.2, 0.25) is 0 Å². The van der Waals surface area contributed by atoms with E-state index < -0.39 is 5.97 Å². The molecule has 2 heterocycles. The van der Waals surface area contributed by atoms with Crippen LogP contribution in [0.5, 0.6) is 0 Å². The van der Waals surface area contributed by atoms with Crippen molar-refractivity contribution in [2.24, 2.45) is 0 Å². The van der Waals surface area contributed by atoms with E-state index in [1.54, 1.807) is 0 Å². The Bertz CT molecular complexity index is 397. The van der Waals surface area contributed by atoms with Crippen LogP contribution in [0.4, 0.5) is 0 Å². The number of carbonyl (C=O) groups is 1. The number of hydrogen-bond acceptors (Lipinski definition) is 4. The molecule has 1 aliphatic heterocycles. The molecule has 0 bridgehead atoms. The summed E-state index contributed by atoms with van der Waals surface area (Å²) >= 11 is 1.32. The predicted molar refractivity (Wildman–Crippen MR) is 73.3 cm³/mol. The van der Waals surface area contributed by atoms with Crippen LogP contribution in [-0.4, -0.2) is 53.6 Å². The van der Waals surface area contributed by atoms with Gasteiger partial charge in [0.1, 0.15) is 4.88 Å². The van der Waals surface area contributed by atoms with E-state index in [0.29, 0.717) is 4.88 Å². The molecule has 0 saturated carbocycles. The minimum absolute atomic E-state index is 0.492. The fourth-order valence-electron chi connectivity index (χ4n) is 2.38. The average molecular weight is 268 g/mol. The molecule has 1 aromatic rings.